The largest absolute Gasteiger partial charge is 0.389 e. The van der Waals surface area contributed by atoms with Crippen molar-refractivity contribution >= 4 is 5.69 Å². The number of hydrogen-bond donors (Lipinski definition) is 2. The van der Waals surface area contributed by atoms with Crippen molar-refractivity contribution in [2.45, 2.75) is 39.3 Å². The first kappa shape index (κ1) is 15.9. The quantitative estimate of drug-likeness (QED) is 0.746. The van der Waals surface area contributed by atoms with Crippen LogP contribution < -0.4 is 10.2 Å². The molecule has 0 aliphatic heterocycles. The lowest BCUT2D eigenvalue weighted by Crippen LogP contribution is -2.36. The predicted molar refractivity (Wildman–Crippen MR) is 78.0 cm³/mol. The second kappa shape index (κ2) is 6.87. The molecule has 0 aliphatic rings. The van der Waals surface area contributed by atoms with E-state index in [9.17, 15) is 9.50 Å². The molecule has 19 heavy (non-hydrogen) atoms. The number of aliphatic hydroxyl groups is 1. The summed E-state index contributed by atoms with van der Waals surface area (Å²) in [5.74, 6) is -0.228. The standard InChI is InChI=1S/C15H25FN2O/c1-5-8-17-10-12-9-13(16)6-7-14(12)18(4)11-15(2,3)19/h6-7,9,17,19H,5,8,10-11H2,1-4H3. The third-order valence-electron chi connectivity index (χ3n) is 2.82. The van der Waals surface area contributed by atoms with E-state index in [1.54, 1.807) is 26.0 Å². The minimum absolute atomic E-state index is 0.228. The summed E-state index contributed by atoms with van der Waals surface area (Å²) in [6, 6.07) is 4.78. The molecular weight excluding hydrogens is 243 g/mol. The van der Waals surface area contributed by atoms with Crippen LogP contribution in [0.5, 0.6) is 0 Å². The van der Waals surface area contributed by atoms with E-state index in [-0.39, 0.29) is 5.82 Å². The Labute approximate surface area is 115 Å². The third-order valence-corrected chi connectivity index (χ3v) is 2.82. The Bertz CT molecular complexity index is 402. The zero-order chi connectivity index (χ0) is 14.5. The van der Waals surface area contributed by atoms with Gasteiger partial charge in [0.25, 0.3) is 0 Å². The van der Waals surface area contributed by atoms with E-state index in [1.807, 2.05) is 11.9 Å². The zero-order valence-corrected chi connectivity index (χ0v) is 12.3. The van der Waals surface area contributed by atoms with Gasteiger partial charge in [-0.3, -0.25) is 0 Å². The van der Waals surface area contributed by atoms with Crippen LogP contribution in [0.15, 0.2) is 18.2 Å². The maximum Gasteiger partial charge on any atom is 0.123 e. The highest BCUT2D eigenvalue weighted by Gasteiger charge is 2.17. The Hall–Kier alpha value is -1.13. The normalized spacial score (nSPS) is 11.7. The molecule has 0 amide bonds. The monoisotopic (exact) mass is 268 g/mol. The maximum atomic E-state index is 13.4. The SMILES string of the molecule is CCCNCc1cc(F)ccc1N(C)CC(C)(C)O. The first-order chi connectivity index (χ1) is 8.83. The van der Waals surface area contributed by atoms with E-state index in [0.29, 0.717) is 13.1 Å². The topological polar surface area (TPSA) is 35.5 Å². The number of anilines is 1. The first-order valence-electron chi connectivity index (χ1n) is 6.76. The summed E-state index contributed by atoms with van der Waals surface area (Å²) < 4.78 is 13.4. The Morgan fingerprint density at radius 2 is 2.05 bits per heavy atom. The van der Waals surface area contributed by atoms with Crippen LogP contribution in [0.25, 0.3) is 0 Å². The second-order valence-electron chi connectivity index (χ2n) is 5.62. The van der Waals surface area contributed by atoms with Gasteiger partial charge in [-0.25, -0.2) is 4.39 Å². The molecule has 0 saturated heterocycles. The number of rotatable bonds is 7. The van der Waals surface area contributed by atoms with Crippen molar-refractivity contribution < 1.29 is 9.50 Å². The number of benzene rings is 1. The molecule has 2 N–H and O–H groups in total. The molecule has 3 nitrogen and oxygen atoms in total. The molecule has 0 aliphatic carbocycles. The highest BCUT2D eigenvalue weighted by atomic mass is 19.1. The Morgan fingerprint density at radius 1 is 1.37 bits per heavy atom. The molecule has 108 valence electrons. The summed E-state index contributed by atoms with van der Waals surface area (Å²) in [6.07, 6.45) is 1.05. The fourth-order valence-corrected chi connectivity index (χ4v) is 2.13. The van der Waals surface area contributed by atoms with E-state index in [0.717, 1.165) is 24.2 Å². The van der Waals surface area contributed by atoms with Crippen molar-refractivity contribution in [3.05, 3.63) is 29.6 Å². The lowest BCUT2D eigenvalue weighted by molar-refractivity contribution is 0.0886. The molecule has 1 rings (SSSR count). The van der Waals surface area contributed by atoms with Crippen LogP contribution in [-0.2, 0) is 6.54 Å². The van der Waals surface area contributed by atoms with Crippen LogP contribution in [0.3, 0.4) is 0 Å². The van der Waals surface area contributed by atoms with Crippen molar-refractivity contribution in [2.24, 2.45) is 0 Å². The van der Waals surface area contributed by atoms with Gasteiger partial charge in [-0.1, -0.05) is 6.92 Å². The lowest BCUT2D eigenvalue weighted by atomic mass is 10.1. The number of hydrogen-bond acceptors (Lipinski definition) is 3. The average molecular weight is 268 g/mol. The summed E-state index contributed by atoms with van der Waals surface area (Å²) in [6.45, 7) is 7.67. The molecule has 0 heterocycles. The van der Waals surface area contributed by atoms with Gasteiger partial charge in [-0.15, -0.1) is 0 Å². The van der Waals surface area contributed by atoms with Crippen molar-refractivity contribution in [2.75, 3.05) is 25.0 Å². The highest BCUT2D eigenvalue weighted by molar-refractivity contribution is 5.53. The Morgan fingerprint density at radius 3 is 2.63 bits per heavy atom. The van der Waals surface area contributed by atoms with Crippen LogP contribution >= 0.6 is 0 Å². The summed E-state index contributed by atoms with van der Waals surface area (Å²) in [4.78, 5) is 1.96. The molecule has 0 radical (unpaired) electrons. The minimum Gasteiger partial charge on any atom is -0.389 e. The van der Waals surface area contributed by atoms with Crippen LogP contribution in [0.1, 0.15) is 32.8 Å². The Balaban J connectivity index is 2.86. The highest BCUT2D eigenvalue weighted by Crippen LogP contribution is 2.22. The first-order valence-corrected chi connectivity index (χ1v) is 6.76. The fourth-order valence-electron chi connectivity index (χ4n) is 2.13. The molecule has 1 aromatic carbocycles. The van der Waals surface area contributed by atoms with Crippen LogP contribution in [-0.4, -0.2) is 30.8 Å². The van der Waals surface area contributed by atoms with Gasteiger partial charge in [0.05, 0.1) is 5.60 Å². The van der Waals surface area contributed by atoms with Crippen molar-refractivity contribution in [1.82, 2.24) is 5.32 Å². The molecule has 4 heteroatoms. The number of likely N-dealkylation sites (N-methyl/N-ethyl adjacent to an activating group) is 1. The van der Waals surface area contributed by atoms with Gasteiger partial charge < -0.3 is 15.3 Å². The number of nitrogens with one attached hydrogen (secondary N) is 1. The van der Waals surface area contributed by atoms with E-state index < -0.39 is 5.60 Å². The van der Waals surface area contributed by atoms with Crippen LogP contribution in [0, 0.1) is 5.82 Å². The van der Waals surface area contributed by atoms with E-state index in [4.69, 9.17) is 0 Å². The molecular formula is C15H25FN2O. The van der Waals surface area contributed by atoms with Gasteiger partial charge in [-0.2, -0.15) is 0 Å². The predicted octanol–water partition coefficient (Wildman–Crippen LogP) is 2.53. The molecule has 0 atom stereocenters. The van der Waals surface area contributed by atoms with Gasteiger partial charge in [0.2, 0.25) is 0 Å². The van der Waals surface area contributed by atoms with E-state index in [2.05, 4.69) is 12.2 Å². The smallest absolute Gasteiger partial charge is 0.123 e. The molecule has 0 aromatic heterocycles. The van der Waals surface area contributed by atoms with Gasteiger partial charge in [0.15, 0.2) is 0 Å². The maximum absolute atomic E-state index is 13.4. The number of nitrogens with zero attached hydrogens (tertiary/aromatic N) is 1. The van der Waals surface area contributed by atoms with Gasteiger partial charge >= 0.3 is 0 Å². The van der Waals surface area contributed by atoms with Crippen LogP contribution in [0.4, 0.5) is 10.1 Å². The van der Waals surface area contributed by atoms with Gasteiger partial charge in [0.1, 0.15) is 5.82 Å². The summed E-state index contributed by atoms with van der Waals surface area (Å²) in [7, 11) is 1.91. The van der Waals surface area contributed by atoms with Crippen molar-refractivity contribution in [3.63, 3.8) is 0 Å². The third kappa shape index (κ3) is 5.57. The molecule has 0 bridgehead atoms. The molecule has 0 fully saturated rings. The summed E-state index contributed by atoms with van der Waals surface area (Å²) >= 11 is 0. The van der Waals surface area contributed by atoms with Crippen molar-refractivity contribution in [3.8, 4) is 0 Å². The molecule has 0 unspecified atom stereocenters. The number of halogens is 1. The van der Waals surface area contributed by atoms with Crippen molar-refractivity contribution in [1.29, 1.82) is 0 Å². The lowest BCUT2D eigenvalue weighted by Gasteiger charge is -2.29. The van der Waals surface area contributed by atoms with Gasteiger partial charge in [0, 0.05) is 25.8 Å². The van der Waals surface area contributed by atoms with Crippen LogP contribution in [0.2, 0.25) is 0 Å². The molecule has 0 spiro atoms. The Kier molecular flexibility index (Phi) is 5.76. The average Bonchev–Trinajstić information content (AvgIpc) is 2.27. The van der Waals surface area contributed by atoms with E-state index in [1.165, 1.54) is 6.07 Å². The molecule has 1 aromatic rings. The molecule has 0 saturated carbocycles. The van der Waals surface area contributed by atoms with E-state index >= 15 is 0 Å². The minimum atomic E-state index is -0.781. The zero-order valence-electron chi connectivity index (χ0n) is 12.3. The second-order valence-corrected chi connectivity index (χ2v) is 5.62. The van der Waals surface area contributed by atoms with Gasteiger partial charge in [-0.05, 0) is 50.6 Å². The fraction of sp³-hybridized carbons (Fsp3) is 0.600. The summed E-state index contributed by atoms with van der Waals surface area (Å²) in [5.41, 5.74) is 1.09. The summed E-state index contributed by atoms with van der Waals surface area (Å²) in [5, 5.41) is 13.2.